The SMILES string of the molecule is CS(=O)(=O)N(Cc1cnc(-c2nnc(C(F)(F)F)o2)cn1)c1ccccc1.CS(=O)(=O)N(Cc1cnc(C(=O)CN)cn1)c1ccccc1. The molecule has 0 aliphatic rings. The highest BCUT2D eigenvalue weighted by Gasteiger charge is 2.38. The van der Waals surface area contributed by atoms with E-state index >= 15 is 0 Å². The Hall–Kier alpha value is -5.34. The van der Waals surface area contributed by atoms with Crippen molar-refractivity contribution in [1.82, 2.24) is 30.1 Å². The summed E-state index contributed by atoms with van der Waals surface area (Å²) in [5.41, 5.74) is 7.04. The number of nitrogens with two attached hydrogens (primary N) is 1. The number of anilines is 2. The number of Topliss-reactive ketones (excluding diaryl/α,β-unsaturated/α-hetero) is 1. The number of benzene rings is 2. The van der Waals surface area contributed by atoms with Crippen LogP contribution in [0.5, 0.6) is 0 Å². The molecule has 0 bridgehead atoms. The minimum Gasteiger partial charge on any atom is -0.411 e. The lowest BCUT2D eigenvalue weighted by Gasteiger charge is -2.21. The van der Waals surface area contributed by atoms with Gasteiger partial charge >= 0.3 is 12.1 Å². The number of hydrogen-bond acceptors (Lipinski definition) is 13. The first-order valence-electron chi connectivity index (χ1n) is 13.9. The average Bonchev–Trinajstić information content (AvgIpc) is 3.58. The Labute approximate surface area is 278 Å². The highest BCUT2D eigenvalue weighted by atomic mass is 32.2. The first-order valence-corrected chi connectivity index (χ1v) is 17.6. The fourth-order valence-electron chi connectivity index (χ4n) is 3.96. The lowest BCUT2D eigenvalue weighted by atomic mass is 10.3. The van der Waals surface area contributed by atoms with Crippen molar-refractivity contribution in [3.63, 3.8) is 0 Å². The van der Waals surface area contributed by atoms with Crippen molar-refractivity contribution >= 4 is 37.2 Å². The predicted octanol–water partition coefficient (Wildman–Crippen LogP) is 3.10. The highest BCUT2D eigenvalue weighted by Crippen LogP contribution is 2.29. The van der Waals surface area contributed by atoms with Gasteiger partial charge in [-0.2, -0.15) is 13.2 Å². The van der Waals surface area contributed by atoms with Gasteiger partial charge in [0.25, 0.3) is 5.89 Å². The third-order valence-corrected chi connectivity index (χ3v) is 8.55. The molecule has 5 rings (SSSR count). The molecule has 3 aromatic heterocycles. The van der Waals surface area contributed by atoms with Crippen molar-refractivity contribution in [2.24, 2.45) is 5.73 Å². The number of para-hydroxylation sites is 2. The van der Waals surface area contributed by atoms with Gasteiger partial charge in [-0.25, -0.2) is 26.8 Å². The fraction of sp³-hybridized carbons (Fsp3) is 0.207. The van der Waals surface area contributed by atoms with Crippen LogP contribution in [0.1, 0.15) is 27.8 Å². The van der Waals surface area contributed by atoms with Crippen molar-refractivity contribution in [3.8, 4) is 11.6 Å². The number of carbonyl (C=O) groups is 1. The van der Waals surface area contributed by atoms with Crippen LogP contribution in [0.2, 0.25) is 0 Å². The van der Waals surface area contributed by atoms with Gasteiger partial charge < -0.3 is 10.2 Å². The molecular formula is C29H28F3N9O6S2. The summed E-state index contributed by atoms with van der Waals surface area (Å²) in [6.07, 6.45) is 2.46. The van der Waals surface area contributed by atoms with Crippen molar-refractivity contribution in [2.45, 2.75) is 19.3 Å². The summed E-state index contributed by atoms with van der Waals surface area (Å²) in [6, 6.07) is 17.1. The van der Waals surface area contributed by atoms with E-state index in [9.17, 15) is 34.8 Å². The molecule has 0 saturated carbocycles. The molecule has 20 heteroatoms. The third-order valence-electron chi connectivity index (χ3n) is 6.27. The Kier molecular flexibility index (Phi) is 11.4. The molecule has 0 aliphatic carbocycles. The number of carbonyl (C=O) groups excluding carboxylic acids is 1. The Balaban J connectivity index is 0.000000226. The van der Waals surface area contributed by atoms with Crippen molar-refractivity contribution in [3.05, 3.63) is 108 Å². The molecule has 258 valence electrons. The lowest BCUT2D eigenvalue weighted by Crippen LogP contribution is -2.29. The molecule has 2 N–H and O–H groups in total. The van der Waals surface area contributed by atoms with Crippen LogP contribution >= 0.6 is 0 Å². The van der Waals surface area contributed by atoms with Crippen LogP contribution in [-0.2, 0) is 39.3 Å². The number of nitrogens with zero attached hydrogens (tertiary/aromatic N) is 8. The Bertz CT molecular complexity index is 2070. The first-order chi connectivity index (χ1) is 23.1. The van der Waals surface area contributed by atoms with Gasteiger partial charge in [0.15, 0.2) is 5.78 Å². The summed E-state index contributed by atoms with van der Waals surface area (Å²) < 4.78 is 92.4. The summed E-state index contributed by atoms with van der Waals surface area (Å²) in [5, 5.41) is 6.19. The maximum absolute atomic E-state index is 12.5. The first kappa shape index (κ1) is 36.5. The summed E-state index contributed by atoms with van der Waals surface area (Å²) in [5.74, 6) is -2.25. The van der Waals surface area contributed by atoms with Crippen molar-refractivity contribution in [2.75, 3.05) is 27.7 Å². The van der Waals surface area contributed by atoms with E-state index in [0.717, 1.165) is 23.0 Å². The van der Waals surface area contributed by atoms with Crippen LogP contribution in [0.4, 0.5) is 24.5 Å². The van der Waals surface area contributed by atoms with Gasteiger partial charge in [0.05, 0.1) is 79.7 Å². The molecule has 0 unspecified atom stereocenters. The minimum absolute atomic E-state index is 0.0347. The smallest absolute Gasteiger partial charge is 0.411 e. The van der Waals surface area contributed by atoms with E-state index in [1.54, 1.807) is 60.7 Å². The van der Waals surface area contributed by atoms with Crippen LogP contribution in [0.15, 0.2) is 89.9 Å². The maximum atomic E-state index is 12.5. The van der Waals surface area contributed by atoms with Gasteiger partial charge in [-0.05, 0) is 24.3 Å². The standard InChI is InChI=1S/C15H12F3N5O3S.C14H16N4O3S/c1-27(24,25)23(11-5-3-2-4-6-11)9-10-7-20-12(8-19-10)13-21-22-14(26-13)15(16,17)18;1-22(20,21)18(12-5-3-2-4-6-12)10-11-8-17-13(9-16-11)14(19)7-15/h2-8H,9H2,1H3;2-6,8-9H,7,10,15H2,1H3. The summed E-state index contributed by atoms with van der Waals surface area (Å²) in [6.45, 7) is -0.214. The maximum Gasteiger partial charge on any atom is 0.470 e. The molecule has 0 aliphatic heterocycles. The number of rotatable bonds is 11. The third kappa shape index (κ3) is 10.1. The second kappa shape index (κ2) is 15.3. The number of alkyl halides is 3. The van der Waals surface area contributed by atoms with E-state index in [2.05, 4.69) is 34.6 Å². The Morgan fingerprint density at radius 3 is 1.59 bits per heavy atom. The van der Waals surface area contributed by atoms with Crippen LogP contribution in [0.3, 0.4) is 0 Å². The van der Waals surface area contributed by atoms with Gasteiger partial charge in [-0.1, -0.05) is 36.4 Å². The fourth-order valence-corrected chi connectivity index (χ4v) is 5.70. The summed E-state index contributed by atoms with van der Waals surface area (Å²) in [7, 11) is -7.06. The predicted molar refractivity (Wildman–Crippen MR) is 171 cm³/mol. The topological polar surface area (TPSA) is 208 Å². The lowest BCUT2D eigenvalue weighted by molar-refractivity contribution is -0.156. The normalized spacial score (nSPS) is 11.7. The molecule has 0 amide bonds. The Morgan fingerprint density at radius 1 is 0.735 bits per heavy atom. The van der Waals surface area contributed by atoms with Crippen LogP contribution in [-0.4, -0.2) is 71.8 Å². The largest absolute Gasteiger partial charge is 0.470 e. The molecule has 49 heavy (non-hydrogen) atoms. The summed E-state index contributed by atoms with van der Waals surface area (Å²) >= 11 is 0. The molecule has 2 aromatic carbocycles. The van der Waals surface area contributed by atoms with E-state index < -0.39 is 38.0 Å². The summed E-state index contributed by atoms with van der Waals surface area (Å²) in [4.78, 5) is 27.4. The molecule has 0 radical (unpaired) electrons. The zero-order valence-corrected chi connectivity index (χ0v) is 27.4. The monoisotopic (exact) mass is 719 g/mol. The quantitative estimate of drug-likeness (QED) is 0.195. The van der Waals surface area contributed by atoms with E-state index in [0.29, 0.717) is 17.1 Å². The molecule has 3 heterocycles. The molecule has 15 nitrogen and oxygen atoms in total. The van der Waals surface area contributed by atoms with Crippen LogP contribution in [0, 0.1) is 0 Å². The van der Waals surface area contributed by atoms with E-state index in [4.69, 9.17) is 5.73 Å². The van der Waals surface area contributed by atoms with Crippen molar-refractivity contribution in [1.29, 1.82) is 0 Å². The number of ketones is 1. The molecule has 0 atom stereocenters. The highest BCUT2D eigenvalue weighted by molar-refractivity contribution is 7.92. The molecule has 0 saturated heterocycles. The Morgan fingerprint density at radius 2 is 1.22 bits per heavy atom. The second-order valence-corrected chi connectivity index (χ2v) is 13.8. The van der Waals surface area contributed by atoms with Gasteiger partial charge in [0, 0.05) is 0 Å². The second-order valence-electron chi connectivity index (χ2n) is 10.0. The van der Waals surface area contributed by atoms with Crippen LogP contribution in [0.25, 0.3) is 11.6 Å². The van der Waals surface area contributed by atoms with Gasteiger partial charge in [-0.3, -0.25) is 23.4 Å². The molecule has 0 fully saturated rings. The molecule has 5 aromatic rings. The minimum atomic E-state index is -4.76. The zero-order valence-electron chi connectivity index (χ0n) is 25.8. The van der Waals surface area contributed by atoms with E-state index in [1.807, 2.05) is 0 Å². The van der Waals surface area contributed by atoms with E-state index in [1.165, 1.54) is 22.9 Å². The van der Waals surface area contributed by atoms with E-state index in [-0.39, 0.29) is 42.5 Å². The van der Waals surface area contributed by atoms with Gasteiger partial charge in [0.1, 0.15) is 11.4 Å². The van der Waals surface area contributed by atoms with Crippen LogP contribution < -0.4 is 14.3 Å². The number of aromatic nitrogens is 6. The zero-order chi connectivity index (χ0) is 35.8. The van der Waals surface area contributed by atoms with Gasteiger partial charge in [0.2, 0.25) is 20.0 Å². The average molecular weight is 720 g/mol. The number of sulfonamides is 2. The molecular weight excluding hydrogens is 692 g/mol. The molecule has 0 spiro atoms. The van der Waals surface area contributed by atoms with Crippen molar-refractivity contribution < 1.29 is 39.2 Å². The number of halogens is 3. The van der Waals surface area contributed by atoms with Gasteiger partial charge in [-0.15, -0.1) is 10.2 Å². The number of hydrogen-bond donors (Lipinski definition) is 1.